The minimum atomic E-state index is -3.79. The number of phenols is 1. The second-order valence-electron chi connectivity index (χ2n) is 4.37. The van der Waals surface area contributed by atoms with E-state index >= 15 is 0 Å². The van der Waals surface area contributed by atoms with Crippen LogP contribution in [0, 0.1) is 10.1 Å². The summed E-state index contributed by atoms with van der Waals surface area (Å²) >= 11 is 0. The van der Waals surface area contributed by atoms with Crippen molar-refractivity contribution in [2.45, 2.75) is 37.5 Å². The van der Waals surface area contributed by atoms with Crippen LogP contribution in [0.3, 0.4) is 0 Å². The minimum absolute atomic E-state index is 0.225. The molecule has 1 rings (SSSR count). The Bertz CT molecular complexity index is 571. The molecule has 0 saturated carbocycles. The van der Waals surface area contributed by atoms with Gasteiger partial charge in [-0.25, -0.2) is 13.1 Å². The van der Waals surface area contributed by atoms with E-state index in [-0.39, 0.29) is 11.4 Å². The van der Waals surface area contributed by atoms with Gasteiger partial charge in [0.2, 0.25) is 10.0 Å². The molecule has 0 amide bonds. The van der Waals surface area contributed by atoms with E-state index in [1.165, 1.54) is 0 Å². The van der Waals surface area contributed by atoms with Crippen molar-refractivity contribution in [1.29, 1.82) is 0 Å². The monoisotopic (exact) mass is 302 g/mol. The van der Waals surface area contributed by atoms with Crippen molar-refractivity contribution in [3.63, 3.8) is 0 Å². The molecule has 8 heteroatoms. The van der Waals surface area contributed by atoms with E-state index in [0.29, 0.717) is 6.42 Å². The number of aromatic hydroxyl groups is 1. The van der Waals surface area contributed by atoms with Crippen LogP contribution in [0.15, 0.2) is 23.1 Å². The molecule has 7 nitrogen and oxygen atoms in total. The summed E-state index contributed by atoms with van der Waals surface area (Å²) in [5.74, 6) is -0.558. The zero-order chi connectivity index (χ0) is 15.2. The molecule has 0 fully saturated rings. The molecule has 0 aliphatic rings. The van der Waals surface area contributed by atoms with Gasteiger partial charge in [-0.1, -0.05) is 26.2 Å². The van der Waals surface area contributed by atoms with Gasteiger partial charge < -0.3 is 5.11 Å². The number of benzene rings is 1. The quantitative estimate of drug-likeness (QED) is 0.434. The fourth-order valence-electron chi connectivity index (χ4n) is 1.66. The molecule has 1 aromatic carbocycles. The predicted molar refractivity (Wildman–Crippen MR) is 74.1 cm³/mol. The Morgan fingerprint density at radius 1 is 1.30 bits per heavy atom. The molecular formula is C12H18N2O5S. The molecule has 0 aliphatic carbocycles. The molecule has 0 aromatic heterocycles. The van der Waals surface area contributed by atoms with Crippen molar-refractivity contribution >= 4 is 15.7 Å². The van der Waals surface area contributed by atoms with Crippen LogP contribution in [-0.4, -0.2) is 25.0 Å². The smallest absolute Gasteiger partial charge is 0.312 e. The summed E-state index contributed by atoms with van der Waals surface area (Å²) in [7, 11) is -3.79. The highest BCUT2D eigenvalue weighted by molar-refractivity contribution is 7.89. The summed E-state index contributed by atoms with van der Waals surface area (Å²) in [5.41, 5.74) is -0.626. The van der Waals surface area contributed by atoms with Crippen LogP contribution < -0.4 is 4.72 Å². The number of phenolic OH excluding ortho intramolecular Hbond substituents is 1. The Balaban J connectivity index is 2.77. The van der Waals surface area contributed by atoms with Gasteiger partial charge in [0.1, 0.15) is 0 Å². The second-order valence-corrected chi connectivity index (χ2v) is 6.13. The molecular weight excluding hydrogens is 284 g/mol. The number of nitrogens with zero attached hydrogens (tertiary/aromatic N) is 1. The van der Waals surface area contributed by atoms with E-state index in [1.807, 2.05) is 0 Å². The number of nitro benzene ring substituents is 1. The SMILES string of the molecule is CCCCCCNS(=O)(=O)c1ccc(O)c([N+](=O)[O-])c1. The van der Waals surface area contributed by atoms with Gasteiger partial charge in [0, 0.05) is 12.6 Å². The third-order valence-electron chi connectivity index (χ3n) is 2.78. The van der Waals surface area contributed by atoms with Gasteiger partial charge in [0.25, 0.3) is 0 Å². The Labute approximate surface area is 117 Å². The molecule has 0 aliphatic heterocycles. The summed E-state index contributed by atoms with van der Waals surface area (Å²) in [5, 5.41) is 20.0. The van der Waals surface area contributed by atoms with E-state index in [9.17, 15) is 23.6 Å². The van der Waals surface area contributed by atoms with Crippen molar-refractivity contribution in [3.8, 4) is 5.75 Å². The molecule has 0 bridgehead atoms. The molecule has 112 valence electrons. The van der Waals surface area contributed by atoms with E-state index in [2.05, 4.69) is 11.6 Å². The minimum Gasteiger partial charge on any atom is -0.502 e. The van der Waals surface area contributed by atoms with E-state index in [0.717, 1.165) is 37.5 Å². The van der Waals surface area contributed by atoms with Gasteiger partial charge in [0.05, 0.1) is 9.82 Å². The van der Waals surface area contributed by atoms with Gasteiger partial charge in [-0.05, 0) is 18.6 Å². The highest BCUT2D eigenvalue weighted by atomic mass is 32.2. The molecule has 20 heavy (non-hydrogen) atoms. The maximum absolute atomic E-state index is 11.9. The lowest BCUT2D eigenvalue weighted by Crippen LogP contribution is -2.24. The van der Waals surface area contributed by atoms with E-state index < -0.39 is 26.4 Å². The maximum Gasteiger partial charge on any atom is 0.312 e. The number of unbranched alkanes of at least 4 members (excludes halogenated alkanes) is 3. The van der Waals surface area contributed by atoms with Crippen LogP contribution in [0.2, 0.25) is 0 Å². The number of nitrogens with one attached hydrogen (secondary N) is 1. The summed E-state index contributed by atoms with van der Waals surface area (Å²) in [6.45, 7) is 2.34. The Morgan fingerprint density at radius 2 is 2.00 bits per heavy atom. The van der Waals surface area contributed by atoms with Gasteiger partial charge >= 0.3 is 5.69 Å². The van der Waals surface area contributed by atoms with Gasteiger partial charge in [-0.2, -0.15) is 0 Å². The first-order chi connectivity index (χ1) is 9.38. The third kappa shape index (κ3) is 4.46. The fourth-order valence-corrected chi connectivity index (χ4v) is 2.75. The second kappa shape index (κ2) is 7.20. The topological polar surface area (TPSA) is 110 Å². The van der Waals surface area contributed by atoms with Crippen LogP contribution in [0.5, 0.6) is 5.75 Å². The fraction of sp³-hybridized carbons (Fsp3) is 0.500. The van der Waals surface area contributed by atoms with Gasteiger partial charge in [-0.15, -0.1) is 0 Å². The van der Waals surface area contributed by atoms with Crippen LogP contribution in [-0.2, 0) is 10.0 Å². The Hall–Kier alpha value is -1.67. The van der Waals surface area contributed by atoms with Crippen LogP contribution in [0.4, 0.5) is 5.69 Å². The van der Waals surface area contributed by atoms with Crippen LogP contribution in [0.1, 0.15) is 32.6 Å². The molecule has 1 aromatic rings. The Morgan fingerprint density at radius 3 is 2.60 bits per heavy atom. The average molecular weight is 302 g/mol. The lowest BCUT2D eigenvalue weighted by Gasteiger charge is -2.07. The highest BCUT2D eigenvalue weighted by Gasteiger charge is 2.20. The number of sulfonamides is 1. The van der Waals surface area contributed by atoms with Crippen molar-refractivity contribution < 1.29 is 18.4 Å². The molecule has 0 spiro atoms. The van der Waals surface area contributed by atoms with E-state index in [1.54, 1.807) is 0 Å². The maximum atomic E-state index is 11.9. The van der Waals surface area contributed by atoms with Gasteiger partial charge in [0.15, 0.2) is 5.75 Å². The van der Waals surface area contributed by atoms with Crippen LogP contribution in [0.25, 0.3) is 0 Å². The zero-order valence-electron chi connectivity index (χ0n) is 11.2. The first kappa shape index (κ1) is 16.4. The van der Waals surface area contributed by atoms with Crippen molar-refractivity contribution in [3.05, 3.63) is 28.3 Å². The largest absolute Gasteiger partial charge is 0.502 e. The molecule has 0 atom stereocenters. The van der Waals surface area contributed by atoms with Crippen molar-refractivity contribution in [2.75, 3.05) is 6.54 Å². The predicted octanol–water partition coefficient (Wildman–Crippen LogP) is 2.16. The summed E-state index contributed by atoms with van der Waals surface area (Å²) < 4.78 is 26.3. The first-order valence-electron chi connectivity index (χ1n) is 6.35. The first-order valence-corrected chi connectivity index (χ1v) is 7.84. The Kier molecular flexibility index (Phi) is 5.90. The number of rotatable bonds is 8. The highest BCUT2D eigenvalue weighted by Crippen LogP contribution is 2.28. The van der Waals surface area contributed by atoms with Crippen molar-refractivity contribution in [1.82, 2.24) is 4.72 Å². The zero-order valence-corrected chi connectivity index (χ0v) is 12.0. The average Bonchev–Trinajstić information content (AvgIpc) is 2.38. The molecule has 0 heterocycles. The lowest BCUT2D eigenvalue weighted by atomic mass is 10.2. The molecule has 2 N–H and O–H groups in total. The number of hydrogen-bond donors (Lipinski definition) is 2. The summed E-state index contributed by atoms with van der Waals surface area (Å²) in [6, 6.07) is 2.99. The molecule has 0 radical (unpaired) electrons. The molecule has 0 unspecified atom stereocenters. The normalized spacial score (nSPS) is 11.4. The standard InChI is InChI=1S/C12H18N2O5S/c1-2-3-4-5-8-13-20(18,19)10-6-7-12(15)11(9-10)14(16)17/h6-7,9,13,15H,2-5,8H2,1H3. The summed E-state index contributed by atoms with van der Waals surface area (Å²) in [6.07, 6.45) is 3.73. The number of hydrogen-bond acceptors (Lipinski definition) is 5. The van der Waals surface area contributed by atoms with Gasteiger partial charge in [-0.3, -0.25) is 10.1 Å². The van der Waals surface area contributed by atoms with Crippen molar-refractivity contribution in [2.24, 2.45) is 0 Å². The third-order valence-corrected chi connectivity index (χ3v) is 4.23. The van der Waals surface area contributed by atoms with Crippen LogP contribution >= 0.6 is 0 Å². The van der Waals surface area contributed by atoms with E-state index in [4.69, 9.17) is 0 Å². The summed E-state index contributed by atoms with van der Waals surface area (Å²) in [4.78, 5) is 9.62. The number of nitro groups is 1. The molecule has 0 saturated heterocycles. The lowest BCUT2D eigenvalue weighted by molar-refractivity contribution is -0.386.